The van der Waals surface area contributed by atoms with Gasteiger partial charge in [0.2, 0.25) is 0 Å². The van der Waals surface area contributed by atoms with Crippen molar-refractivity contribution in [3.8, 4) is 0 Å². The summed E-state index contributed by atoms with van der Waals surface area (Å²) in [5.41, 5.74) is 0. The lowest BCUT2D eigenvalue weighted by atomic mass is 10.1. The Hall–Kier alpha value is -0.370. The average molecular weight is 225 g/mol. The van der Waals surface area contributed by atoms with Gasteiger partial charge in [-0.15, -0.1) is 9.60 Å². The van der Waals surface area contributed by atoms with Gasteiger partial charge in [0.15, 0.2) is 5.79 Å². The molecule has 2 fully saturated rings. The Labute approximate surface area is 84.7 Å². The summed E-state index contributed by atoms with van der Waals surface area (Å²) in [6, 6.07) is 0. The fourth-order valence-corrected chi connectivity index (χ4v) is 1.61. The third kappa shape index (κ3) is 3.09. The Kier molecular flexibility index (Phi) is 4.59. The minimum Gasteiger partial charge on any atom is -0.347 e. The van der Waals surface area contributed by atoms with Crippen molar-refractivity contribution >= 4 is 11.6 Å². The van der Waals surface area contributed by atoms with Crippen LogP contribution in [-0.2, 0) is 21.0 Å². The molecule has 1 spiro atoms. The molecular weight excluding hydrogens is 213 g/mol. The van der Waals surface area contributed by atoms with Gasteiger partial charge in [0.25, 0.3) is 0 Å². The zero-order chi connectivity index (χ0) is 10.4. The molecule has 0 aromatic heterocycles. The normalized spacial score (nSPS) is 25.5. The van der Waals surface area contributed by atoms with E-state index in [1.165, 1.54) is 0 Å². The highest BCUT2D eigenvalue weighted by Gasteiger charge is 2.39. The predicted octanol–water partition coefficient (Wildman–Crippen LogP) is 0.0396. The molecule has 14 heavy (non-hydrogen) atoms. The first-order valence-corrected chi connectivity index (χ1v) is 4.99. The molecule has 2 aliphatic rings. The molecule has 5 nitrogen and oxygen atoms in total. The number of piperidine rings is 1. The van der Waals surface area contributed by atoms with E-state index < -0.39 is 17.4 Å². The molecule has 0 aliphatic carbocycles. The SMILES string of the molecule is FN1CCC2(CC1)OCCO2.O=S=O. The molecule has 7 heteroatoms. The zero-order valence-electron chi connectivity index (χ0n) is 7.61. The predicted molar refractivity (Wildman–Crippen MR) is 45.5 cm³/mol. The van der Waals surface area contributed by atoms with Crippen molar-refractivity contribution < 1.29 is 22.4 Å². The summed E-state index contributed by atoms with van der Waals surface area (Å²) in [5, 5.41) is 0.816. The quantitative estimate of drug-likeness (QED) is 0.545. The van der Waals surface area contributed by atoms with Crippen molar-refractivity contribution in [3.05, 3.63) is 0 Å². The van der Waals surface area contributed by atoms with Gasteiger partial charge in [0.05, 0.1) is 13.2 Å². The number of ether oxygens (including phenoxy) is 2. The van der Waals surface area contributed by atoms with Crippen molar-refractivity contribution in [2.24, 2.45) is 0 Å². The van der Waals surface area contributed by atoms with Crippen molar-refractivity contribution in [1.82, 2.24) is 5.12 Å². The van der Waals surface area contributed by atoms with E-state index in [1.54, 1.807) is 0 Å². The Morgan fingerprint density at radius 3 is 2.00 bits per heavy atom. The summed E-state index contributed by atoms with van der Waals surface area (Å²) in [5.74, 6) is -0.428. The summed E-state index contributed by atoms with van der Waals surface area (Å²) in [6.07, 6.45) is 1.31. The molecule has 2 rings (SSSR count). The van der Waals surface area contributed by atoms with E-state index in [1.807, 2.05) is 0 Å². The minimum atomic E-state index is -0.750. The van der Waals surface area contributed by atoms with Crippen LogP contribution in [0.25, 0.3) is 0 Å². The molecule has 0 aromatic carbocycles. The highest BCUT2D eigenvalue weighted by Crippen LogP contribution is 2.30. The third-order valence-electron chi connectivity index (χ3n) is 2.28. The maximum atomic E-state index is 12.5. The number of nitrogens with zero attached hydrogens (tertiary/aromatic N) is 1. The van der Waals surface area contributed by atoms with Crippen LogP contribution < -0.4 is 0 Å². The smallest absolute Gasteiger partial charge is 0.335 e. The summed E-state index contributed by atoms with van der Waals surface area (Å²) in [7, 11) is 0. The molecule has 0 N–H and O–H groups in total. The fourth-order valence-electron chi connectivity index (χ4n) is 1.61. The molecule has 2 aliphatic heterocycles. The summed E-state index contributed by atoms with van der Waals surface area (Å²) in [4.78, 5) is 0. The molecule has 2 saturated heterocycles. The average Bonchev–Trinajstić information content (AvgIpc) is 2.61. The van der Waals surface area contributed by atoms with E-state index in [-0.39, 0.29) is 0 Å². The van der Waals surface area contributed by atoms with Crippen molar-refractivity contribution in [2.45, 2.75) is 18.6 Å². The molecule has 0 bridgehead atoms. The van der Waals surface area contributed by atoms with Gasteiger partial charge in [0, 0.05) is 25.9 Å². The van der Waals surface area contributed by atoms with Crippen molar-refractivity contribution in [2.75, 3.05) is 26.3 Å². The van der Waals surface area contributed by atoms with Crippen LogP contribution in [0.15, 0.2) is 0 Å². The molecule has 2 heterocycles. The Balaban J connectivity index is 0.000000293. The molecule has 0 atom stereocenters. The Bertz CT molecular complexity index is 206. The Morgan fingerprint density at radius 1 is 1.14 bits per heavy atom. The van der Waals surface area contributed by atoms with E-state index in [9.17, 15) is 4.48 Å². The summed E-state index contributed by atoms with van der Waals surface area (Å²) >= 11 is -0.750. The number of rotatable bonds is 0. The van der Waals surface area contributed by atoms with Crippen LogP contribution in [0.4, 0.5) is 4.48 Å². The van der Waals surface area contributed by atoms with Gasteiger partial charge in [0.1, 0.15) is 0 Å². The fraction of sp³-hybridized carbons (Fsp3) is 1.00. The molecule has 0 radical (unpaired) electrons. The molecule has 82 valence electrons. The van der Waals surface area contributed by atoms with Crippen molar-refractivity contribution in [1.29, 1.82) is 0 Å². The van der Waals surface area contributed by atoms with Gasteiger partial charge < -0.3 is 9.47 Å². The zero-order valence-corrected chi connectivity index (χ0v) is 8.43. The first-order chi connectivity index (χ1) is 6.72. The number of hydrogen-bond donors (Lipinski definition) is 0. The molecule has 0 saturated carbocycles. The lowest BCUT2D eigenvalue weighted by Crippen LogP contribution is -2.42. The van der Waals surface area contributed by atoms with Gasteiger partial charge in [-0.3, -0.25) is 0 Å². The molecule has 0 aromatic rings. The Morgan fingerprint density at radius 2 is 1.57 bits per heavy atom. The number of hydrogen-bond acceptors (Lipinski definition) is 5. The highest BCUT2D eigenvalue weighted by atomic mass is 32.1. The highest BCUT2D eigenvalue weighted by molar-refractivity contribution is 7.51. The number of halogens is 1. The van der Waals surface area contributed by atoms with Crippen LogP contribution in [0.3, 0.4) is 0 Å². The molecular formula is C7H12FNO4S. The monoisotopic (exact) mass is 225 g/mol. The summed E-state index contributed by atoms with van der Waals surface area (Å²) < 4.78 is 40.0. The maximum absolute atomic E-state index is 12.5. The lowest BCUT2D eigenvalue weighted by molar-refractivity contribution is -0.203. The topological polar surface area (TPSA) is 55.8 Å². The first kappa shape index (κ1) is 11.7. The van der Waals surface area contributed by atoms with Crippen LogP contribution in [-0.4, -0.2) is 45.6 Å². The maximum Gasteiger partial charge on any atom is 0.335 e. The van der Waals surface area contributed by atoms with Crippen LogP contribution >= 0.6 is 0 Å². The first-order valence-electron chi connectivity index (χ1n) is 4.33. The third-order valence-corrected chi connectivity index (χ3v) is 2.28. The van der Waals surface area contributed by atoms with Gasteiger partial charge >= 0.3 is 11.6 Å². The second-order valence-electron chi connectivity index (χ2n) is 3.09. The van der Waals surface area contributed by atoms with Crippen LogP contribution in [0, 0.1) is 0 Å². The van der Waals surface area contributed by atoms with E-state index in [0.29, 0.717) is 39.1 Å². The van der Waals surface area contributed by atoms with E-state index in [0.717, 1.165) is 5.12 Å². The van der Waals surface area contributed by atoms with Crippen LogP contribution in [0.1, 0.15) is 12.8 Å². The molecule has 0 amide bonds. The van der Waals surface area contributed by atoms with Gasteiger partial charge in [-0.2, -0.15) is 8.42 Å². The van der Waals surface area contributed by atoms with Crippen LogP contribution in [0.5, 0.6) is 0 Å². The van der Waals surface area contributed by atoms with Gasteiger partial charge in [-0.25, -0.2) is 0 Å². The second kappa shape index (κ2) is 5.50. The van der Waals surface area contributed by atoms with Gasteiger partial charge in [-0.1, -0.05) is 0 Å². The van der Waals surface area contributed by atoms with E-state index in [4.69, 9.17) is 17.9 Å². The summed E-state index contributed by atoms with van der Waals surface area (Å²) in [6.45, 7) is 2.18. The van der Waals surface area contributed by atoms with Gasteiger partial charge in [-0.05, 0) is 0 Å². The second-order valence-corrected chi connectivity index (χ2v) is 3.22. The van der Waals surface area contributed by atoms with E-state index >= 15 is 0 Å². The van der Waals surface area contributed by atoms with Crippen molar-refractivity contribution in [3.63, 3.8) is 0 Å². The largest absolute Gasteiger partial charge is 0.347 e. The standard InChI is InChI=1S/C7H12FNO2.O2S/c8-9-3-1-7(2-4-9)10-5-6-11-7;1-3-2/h1-6H2;. The lowest BCUT2D eigenvalue weighted by Gasteiger charge is -2.33. The molecule has 0 unspecified atom stereocenters. The minimum absolute atomic E-state index is 0.428. The van der Waals surface area contributed by atoms with Crippen LogP contribution in [0.2, 0.25) is 0 Å². The van der Waals surface area contributed by atoms with E-state index in [2.05, 4.69) is 0 Å².